The zero-order chi connectivity index (χ0) is 18.1. The Morgan fingerprint density at radius 3 is 2.62 bits per heavy atom. The first-order chi connectivity index (χ1) is 12.7. The van der Waals surface area contributed by atoms with Crippen molar-refractivity contribution in [2.45, 2.75) is 31.5 Å². The predicted molar refractivity (Wildman–Crippen MR) is 102 cm³/mol. The van der Waals surface area contributed by atoms with Crippen LogP contribution in [0.1, 0.15) is 41.3 Å². The summed E-state index contributed by atoms with van der Waals surface area (Å²) in [6.07, 6.45) is 2.51. The molecule has 0 bridgehead atoms. The number of anilines is 2. The molecule has 1 amide bonds. The van der Waals surface area contributed by atoms with Gasteiger partial charge in [-0.1, -0.05) is 24.3 Å². The summed E-state index contributed by atoms with van der Waals surface area (Å²) in [6.45, 7) is 0.706. The van der Waals surface area contributed by atoms with E-state index >= 15 is 0 Å². The topological polar surface area (TPSA) is 59.4 Å². The molecule has 1 fully saturated rings. The van der Waals surface area contributed by atoms with E-state index in [2.05, 4.69) is 40.6 Å². The standard InChI is InChI=1S/C21H22N4O/c1-24(14-4-13-22)16-9-7-15(8-10-16)20-23-19-6-3-2-5-18(19)21(26)25(20)17-11-12-17/h2-3,5-10,17,20,23H,4,11-12,14H2,1H3/t20-/m0/s1. The first-order valence-corrected chi connectivity index (χ1v) is 9.05. The van der Waals surface area contributed by atoms with Crippen LogP contribution in [0.2, 0.25) is 0 Å². The Morgan fingerprint density at radius 2 is 1.92 bits per heavy atom. The molecule has 5 heteroatoms. The number of hydrogen-bond acceptors (Lipinski definition) is 4. The van der Waals surface area contributed by atoms with Crippen LogP contribution in [0.25, 0.3) is 0 Å². The van der Waals surface area contributed by atoms with Crippen molar-refractivity contribution < 1.29 is 4.79 Å². The van der Waals surface area contributed by atoms with Gasteiger partial charge in [0.25, 0.3) is 5.91 Å². The fourth-order valence-corrected chi connectivity index (χ4v) is 3.50. The van der Waals surface area contributed by atoms with Gasteiger partial charge in [0.15, 0.2) is 0 Å². The third kappa shape index (κ3) is 2.99. The van der Waals surface area contributed by atoms with Crippen LogP contribution < -0.4 is 10.2 Å². The van der Waals surface area contributed by atoms with Crippen molar-refractivity contribution in [3.63, 3.8) is 0 Å². The largest absolute Gasteiger partial charge is 0.374 e. The molecule has 0 radical (unpaired) electrons. The molecular weight excluding hydrogens is 324 g/mol. The van der Waals surface area contributed by atoms with E-state index in [4.69, 9.17) is 5.26 Å². The number of nitriles is 1. The molecule has 1 N–H and O–H groups in total. The molecule has 1 saturated carbocycles. The van der Waals surface area contributed by atoms with Gasteiger partial charge in [-0.15, -0.1) is 0 Å². The van der Waals surface area contributed by atoms with Crippen molar-refractivity contribution in [2.24, 2.45) is 0 Å². The van der Waals surface area contributed by atoms with Crippen molar-refractivity contribution >= 4 is 17.3 Å². The van der Waals surface area contributed by atoms with Crippen molar-refractivity contribution in [1.82, 2.24) is 4.90 Å². The fourth-order valence-electron chi connectivity index (χ4n) is 3.50. The van der Waals surface area contributed by atoms with Gasteiger partial charge in [-0.3, -0.25) is 4.79 Å². The lowest BCUT2D eigenvalue weighted by Gasteiger charge is -2.38. The van der Waals surface area contributed by atoms with Gasteiger partial charge in [-0.2, -0.15) is 5.26 Å². The molecule has 0 unspecified atom stereocenters. The van der Waals surface area contributed by atoms with Crippen LogP contribution in [-0.2, 0) is 0 Å². The minimum atomic E-state index is -0.136. The number of carbonyl (C=O) groups excluding carboxylic acids is 1. The zero-order valence-electron chi connectivity index (χ0n) is 14.9. The van der Waals surface area contributed by atoms with Gasteiger partial charge in [-0.25, -0.2) is 0 Å². The van der Waals surface area contributed by atoms with Gasteiger partial charge >= 0.3 is 0 Å². The Balaban J connectivity index is 1.62. The van der Waals surface area contributed by atoms with Gasteiger partial charge in [0, 0.05) is 31.0 Å². The van der Waals surface area contributed by atoms with E-state index < -0.39 is 0 Å². The minimum Gasteiger partial charge on any atom is -0.374 e. The normalized spacial score (nSPS) is 18.7. The van der Waals surface area contributed by atoms with Crippen LogP contribution >= 0.6 is 0 Å². The fraction of sp³-hybridized carbons (Fsp3) is 0.333. The van der Waals surface area contributed by atoms with Gasteiger partial charge in [-0.05, 0) is 42.7 Å². The van der Waals surface area contributed by atoms with Crippen LogP contribution in [0.5, 0.6) is 0 Å². The summed E-state index contributed by atoms with van der Waals surface area (Å²) in [5.74, 6) is 0.113. The number of rotatable bonds is 5. The summed E-state index contributed by atoms with van der Waals surface area (Å²) in [6, 6.07) is 18.5. The molecule has 0 saturated heterocycles. The molecule has 2 aromatic rings. The molecule has 0 aromatic heterocycles. The maximum Gasteiger partial charge on any atom is 0.258 e. The molecule has 132 valence electrons. The van der Waals surface area contributed by atoms with E-state index in [-0.39, 0.29) is 12.1 Å². The van der Waals surface area contributed by atoms with E-state index in [9.17, 15) is 4.79 Å². The lowest BCUT2D eigenvalue weighted by molar-refractivity contribution is 0.0666. The Morgan fingerprint density at radius 1 is 1.19 bits per heavy atom. The van der Waals surface area contributed by atoms with Crippen molar-refractivity contribution in [2.75, 3.05) is 23.8 Å². The molecule has 26 heavy (non-hydrogen) atoms. The minimum absolute atomic E-state index is 0.113. The van der Waals surface area contributed by atoms with E-state index in [0.29, 0.717) is 19.0 Å². The molecule has 1 atom stereocenters. The number of fused-ring (bicyclic) bond motifs is 1. The quantitative estimate of drug-likeness (QED) is 0.895. The second kappa shape index (κ2) is 6.72. The molecule has 0 spiro atoms. The molecule has 4 rings (SSSR count). The Kier molecular flexibility index (Phi) is 4.26. The zero-order valence-corrected chi connectivity index (χ0v) is 14.9. The summed E-state index contributed by atoms with van der Waals surface area (Å²) in [4.78, 5) is 17.1. The number of carbonyl (C=O) groups is 1. The van der Waals surface area contributed by atoms with Crippen LogP contribution in [0.4, 0.5) is 11.4 Å². The highest BCUT2D eigenvalue weighted by Crippen LogP contribution is 2.40. The molecule has 1 heterocycles. The highest BCUT2D eigenvalue weighted by molar-refractivity contribution is 6.02. The Labute approximate surface area is 153 Å². The smallest absolute Gasteiger partial charge is 0.258 e. The average molecular weight is 346 g/mol. The number of hydrogen-bond donors (Lipinski definition) is 1. The summed E-state index contributed by atoms with van der Waals surface area (Å²) in [5, 5.41) is 12.3. The lowest BCUT2D eigenvalue weighted by atomic mass is 10.0. The second-order valence-electron chi connectivity index (χ2n) is 6.96. The molecule has 1 aliphatic carbocycles. The van der Waals surface area contributed by atoms with Crippen LogP contribution in [0, 0.1) is 11.3 Å². The summed E-state index contributed by atoms with van der Waals surface area (Å²) in [5.41, 5.74) is 3.81. The van der Waals surface area contributed by atoms with Crippen LogP contribution in [0.3, 0.4) is 0 Å². The first kappa shape index (κ1) is 16.5. The number of nitrogens with one attached hydrogen (secondary N) is 1. The van der Waals surface area contributed by atoms with E-state index in [0.717, 1.165) is 35.3 Å². The van der Waals surface area contributed by atoms with E-state index in [1.54, 1.807) is 0 Å². The Hall–Kier alpha value is -3.00. The first-order valence-electron chi connectivity index (χ1n) is 9.05. The predicted octanol–water partition coefficient (Wildman–Crippen LogP) is 3.77. The molecule has 2 aliphatic rings. The monoisotopic (exact) mass is 346 g/mol. The lowest BCUT2D eigenvalue weighted by Crippen LogP contribution is -2.44. The van der Waals surface area contributed by atoms with Gasteiger partial charge in [0.1, 0.15) is 6.17 Å². The third-order valence-corrected chi connectivity index (χ3v) is 5.11. The van der Waals surface area contributed by atoms with Gasteiger partial charge in [0.05, 0.1) is 18.1 Å². The van der Waals surface area contributed by atoms with Crippen LogP contribution in [-0.4, -0.2) is 30.4 Å². The number of para-hydroxylation sites is 1. The Bertz CT molecular complexity index is 851. The average Bonchev–Trinajstić information content (AvgIpc) is 3.51. The number of benzene rings is 2. The summed E-state index contributed by atoms with van der Waals surface area (Å²) < 4.78 is 0. The van der Waals surface area contributed by atoms with E-state index in [1.165, 1.54) is 0 Å². The summed E-state index contributed by atoms with van der Waals surface area (Å²) in [7, 11) is 1.99. The summed E-state index contributed by atoms with van der Waals surface area (Å²) >= 11 is 0. The van der Waals surface area contributed by atoms with Gasteiger partial charge in [0.2, 0.25) is 0 Å². The third-order valence-electron chi connectivity index (χ3n) is 5.11. The molecule has 5 nitrogen and oxygen atoms in total. The number of nitrogens with zero attached hydrogens (tertiary/aromatic N) is 3. The van der Waals surface area contributed by atoms with Gasteiger partial charge < -0.3 is 15.1 Å². The van der Waals surface area contributed by atoms with Crippen molar-refractivity contribution in [1.29, 1.82) is 5.26 Å². The molecular formula is C21H22N4O. The molecule has 2 aromatic carbocycles. The van der Waals surface area contributed by atoms with Crippen molar-refractivity contribution in [3.8, 4) is 6.07 Å². The van der Waals surface area contributed by atoms with E-state index in [1.807, 2.05) is 36.2 Å². The highest BCUT2D eigenvalue weighted by atomic mass is 16.2. The van der Waals surface area contributed by atoms with Crippen LogP contribution in [0.15, 0.2) is 48.5 Å². The number of amides is 1. The molecule has 1 aliphatic heterocycles. The highest BCUT2D eigenvalue weighted by Gasteiger charge is 2.41. The second-order valence-corrected chi connectivity index (χ2v) is 6.96. The van der Waals surface area contributed by atoms with Crippen molar-refractivity contribution in [3.05, 3.63) is 59.7 Å². The maximum atomic E-state index is 13.0. The SMILES string of the molecule is CN(CCC#N)c1ccc([C@H]2Nc3ccccc3C(=O)N2C2CC2)cc1. The maximum absolute atomic E-state index is 13.0.